The number of hydrogen-bond donors (Lipinski definition) is 1. The Balaban J connectivity index is 1.92. The van der Waals surface area contributed by atoms with E-state index in [4.69, 9.17) is 10.2 Å². The summed E-state index contributed by atoms with van der Waals surface area (Å²) >= 11 is 0. The summed E-state index contributed by atoms with van der Waals surface area (Å²) in [5.74, 6) is -0.286. The summed E-state index contributed by atoms with van der Waals surface area (Å²) in [5, 5.41) is 0. The van der Waals surface area contributed by atoms with Crippen LogP contribution in [0.25, 0.3) is 0 Å². The zero-order valence-electron chi connectivity index (χ0n) is 10.3. The molecule has 1 aliphatic heterocycles. The van der Waals surface area contributed by atoms with Crippen LogP contribution in [-0.2, 0) is 13.1 Å². The Morgan fingerprint density at radius 1 is 1.37 bits per heavy atom. The zero-order chi connectivity index (χ0) is 13.4. The molecule has 3 nitrogen and oxygen atoms in total. The lowest BCUT2D eigenvalue weighted by molar-refractivity contribution is 0.192. The highest BCUT2D eigenvalue weighted by molar-refractivity contribution is 5.36. The van der Waals surface area contributed by atoms with Crippen LogP contribution in [0.2, 0.25) is 0 Å². The number of furan rings is 1. The molecule has 1 aromatic carbocycles. The summed E-state index contributed by atoms with van der Waals surface area (Å²) in [6.07, 6.45) is 1.59. The van der Waals surface area contributed by atoms with Crippen molar-refractivity contribution >= 4 is 0 Å². The molecule has 3 rings (SSSR count). The van der Waals surface area contributed by atoms with E-state index in [0.29, 0.717) is 24.2 Å². The van der Waals surface area contributed by atoms with Gasteiger partial charge in [0.05, 0.1) is 18.8 Å². The van der Waals surface area contributed by atoms with Crippen LogP contribution in [-0.4, -0.2) is 11.4 Å². The van der Waals surface area contributed by atoms with Gasteiger partial charge in [-0.2, -0.15) is 0 Å². The highest BCUT2D eigenvalue weighted by Gasteiger charge is 2.32. The van der Waals surface area contributed by atoms with Gasteiger partial charge in [0.2, 0.25) is 0 Å². The molecule has 0 spiro atoms. The van der Waals surface area contributed by atoms with E-state index in [9.17, 15) is 8.78 Å². The SMILES string of the molecule is NCC1c2c(F)cc(F)cc2CN1Cc1ccco1. The molecule has 0 bridgehead atoms. The molecule has 0 aliphatic carbocycles. The number of hydrogen-bond acceptors (Lipinski definition) is 3. The van der Waals surface area contributed by atoms with Gasteiger partial charge in [-0.05, 0) is 23.8 Å². The van der Waals surface area contributed by atoms with Crippen molar-refractivity contribution in [3.05, 3.63) is 59.1 Å². The Morgan fingerprint density at radius 3 is 2.89 bits per heavy atom. The summed E-state index contributed by atoms with van der Waals surface area (Å²) in [7, 11) is 0. The third kappa shape index (κ3) is 2.15. The van der Waals surface area contributed by atoms with Crippen LogP contribution in [0.5, 0.6) is 0 Å². The van der Waals surface area contributed by atoms with E-state index < -0.39 is 11.6 Å². The number of halogens is 2. The first kappa shape index (κ1) is 12.3. The first-order valence-electron chi connectivity index (χ1n) is 6.13. The van der Waals surface area contributed by atoms with Gasteiger partial charge in [-0.3, -0.25) is 4.90 Å². The van der Waals surface area contributed by atoms with Crippen molar-refractivity contribution < 1.29 is 13.2 Å². The van der Waals surface area contributed by atoms with Crippen molar-refractivity contribution in [2.75, 3.05) is 6.54 Å². The molecule has 1 atom stereocenters. The molecule has 0 amide bonds. The Bertz CT molecular complexity index is 583. The summed E-state index contributed by atoms with van der Waals surface area (Å²) in [6.45, 7) is 1.30. The summed E-state index contributed by atoms with van der Waals surface area (Å²) < 4.78 is 32.4. The third-order valence-corrected chi connectivity index (χ3v) is 3.49. The maximum atomic E-state index is 13.9. The first-order valence-corrected chi connectivity index (χ1v) is 6.13. The molecular weight excluding hydrogens is 250 g/mol. The lowest BCUT2D eigenvalue weighted by Crippen LogP contribution is -2.27. The van der Waals surface area contributed by atoms with E-state index in [1.165, 1.54) is 6.07 Å². The minimum Gasteiger partial charge on any atom is -0.468 e. The Morgan fingerprint density at radius 2 is 2.21 bits per heavy atom. The highest BCUT2D eigenvalue weighted by atomic mass is 19.1. The fourth-order valence-electron chi connectivity index (χ4n) is 2.69. The lowest BCUT2D eigenvalue weighted by atomic mass is 10.0. The molecule has 2 N–H and O–H groups in total. The minimum atomic E-state index is -0.549. The van der Waals surface area contributed by atoms with Crippen LogP contribution in [0, 0.1) is 11.6 Å². The molecule has 0 saturated heterocycles. The maximum Gasteiger partial charge on any atom is 0.131 e. The smallest absolute Gasteiger partial charge is 0.131 e. The molecule has 0 saturated carbocycles. The van der Waals surface area contributed by atoms with Crippen molar-refractivity contribution in [1.82, 2.24) is 4.90 Å². The molecular formula is C14H14F2N2O. The second kappa shape index (κ2) is 4.75. The monoisotopic (exact) mass is 264 g/mol. The quantitative estimate of drug-likeness (QED) is 0.926. The van der Waals surface area contributed by atoms with Gasteiger partial charge < -0.3 is 10.2 Å². The van der Waals surface area contributed by atoms with E-state index in [-0.39, 0.29) is 12.6 Å². The number of nitrogens with zero attached hydrogens (tertiary/aromatic N) is 1. The molecule has 5 heteroatoms. The van der Waals surface area contributed by atoms with Crippen molar-refractivity contribution in [2.45, 2.75) is 19.1 Å². The lowest BCUT2D eigenvalue weighted by Gasteiger charge is -2.22. The molecule has 19 heavy (non-hydrogen) atoms. The summed E-state index contributed by atoms with van der Waals surface area (Å²) in [4.78, 5) is 1.99. The first-order chi connectivity index (χ1) is 9.19. The van der Waals surface area contributed by atoms with Crippen LogP contribution < -0.4 is 5.73 Å². The van der Waals surface area contributed by atoms with Gasteiger partial charge in [-0.15, -0.1) is 0 Å². The van der Waals surface area contributed by atoms with Crippen molar-refractivity contribution in [3.63, 3.8) is 0 Å². The topological polar surface area (TPSA) is 42.4 Å². The van der Waals surface area contributed by atoms with E-state index in [1.807, 2.05) is 11.0 Å². The molecule has 0 radical (unpaired) electrons. The Kier molecular flexibility index (Phi) is 3.08. The van der Waals surface area contributed by atoms with Crippen LogP contribution in [0.4, 0.5) is 8.78 Å². The van der Waals surface area contributed by atoms with E-state index in [2.05, 4.69) is 0 Å². The molecule has 2 heterocycles. The van der Waals surface area contributed by atoms with E-state index in [1.54, 1.807) is 12.3 Å². The van der Waals surface area contributed by atoms with E-state index >= 15 is 0 Å². The van der Waals surface area contributed by atoms with E-state index in [0.717, 1.165) is 11.8 Å². The van der Waals surface area contributed by atoms with Crippen molar-refractivity contribution in [2.24, 2.45) is 5.73 Å². The van der Waals surface area contributed by atoms with Gasteiger partial charge in [0.15, 0.2) is 0 Å². The van der Waals surface area contributed by atoms with Crippen LogP contribution in [0.1, 0.15) is 22.9 Å². The van der Waals surface area contributed by atoms with Gasteiger partial charge in [-0.1, -0.05) is 0 Å². The van der Waals surface area contributed by atoms with Gasteiger partial charge in [0.1, 0.15) is 17.4 Å². The van der Waals surface area contributed by atoms with Crippen LogP contribution in [0.15, 0.2) is 34.9 Å². The normalized spacial score (nSPS) is 18.8. The van der Waals surface area contributed by atoms with Gasteiger partial charge in [-0.25, -0.2) is 8.78 Å². The highest BCUT2D eigenvalue weighted by Crippen LogP contribution is 2.36. The van der Waals surface area contributed by atoms with Gasteiger partial charge in [0, 0.05) is 24.7 Å². The van der Waals surface area contributed by atoms with Gasteiger partial charge in [0.25, 0.3) is 0 Å². The average molecular weight is 264 g/mol. The van der Waals surface area contributed by atoms with Crippen LogP contribution in [0.3, 0.4) is 0 Å². The molecule has 0 fully saturated rings. The standard InChI is InChI=1S/C14H14F2N2O/c15-10-4-9-7-18(8-11-2-1-3-19-11)13(6-17)14(9)12(16)5-10/h1-5,13H,6-8,17H2. The summed E-state index contributed by atoms with van der Waals surface area (Å²) in [5.41, 5.74) is 6.92. The summed E-state index contributed by atoms with van der Waals surface area (Å²) in [6, 6.07) is 5.71. The largest absolute Gasteiger partial charge is 0.468 e. The van der Waals surface area contributed by atoms with Crippen molar-refractivity contribution in [3.8, 4) is 0 Å². The average Bonchev–Trinajstić information content (AvgIpc) is 2.96. The van der Waals surface area contributed by atoms with Crippen molar-refractivity contribution in [1.29, 1.82) is 0 Å². The zero-order valence-corrected chi connectivity index (χ0v) is 10.3. The number of fused-ring (bicyclic) bond motifs is 1. The second-order valence-electron chi connectivity index (χ2n) is 4.70. The minimum absolute atomic E-state index is 0.235. The fourth-order valence-corrected chi connectivity index (χ4v) is 2.69. The number of rotatable bonds is 3. The molecule has 2 aromatic rings. The molecule has 1 aromatic heterocycles. The predicted molar refractivity (Wildman–Crippen MR) is 66.1 cm³/mol. The molecule has 100 valence electrons. The molecule has 1 unspecified atom stereocenters. The van der Waals surface area contributed by atoms with Crippen LogP contribution >= 0.6 is 0 Å². The molecule has 1 aliphatic rings. The predicted octanol–water partition coefficient (Wildman–Crippen LogP) is 2.57. The maximum absolute atomic E-state index is 13.9. The van der Waals surface area contributed by atoms with Gasteiger partial charge >= 0.3 is 0 Å². The second-order valence-corrected chi connectivity index (χ2v) is 4.70. The third-order valence-electron chi connectivity index (χ3n) is 3.49. The fraction of sp³-hybridized carbons (Fsp3) is 0.286. The Hall–Kier alpha value is -1.72. The Labute approximate surface area is 109 Å². The number of benzene rings is 1. The number of nitrogens with two attached hydrogens (primary N) is 1.